The number of hydrogen-bond acceptors (Lipinski definition) is 4. The Morgan fingerprint density at radius 2 is 1.68 bits per heavy atom. The van der Waals surface area contributed by atoms with Crippen LogP contribution in [0.2, 0.25) is 0 Å². The SMILES string of the molecule is Cc1cccc(N2C(=O)C(Cl)=C(Nc3cccc(C(=O)N4CCCCC4)c3)C2=O)c1C. The molecule has 2 aromatic carbocycles. The highest BCUT2D eigenvalue weighted by Gasteiger charge is 2.39. The van der Waals surface area contributed by atoms with E-state index in [1.807, 2.05) is 24.8 Å². The third-order valence-corrected chi connectivity index (χ3v) is 6.22. The highest BCUT2D eigenvalue weighted by atomic mass is 35.5. The molecule has 2 aliphatic heterocycles. The summed E-state index contributed by atoms with van der Waals surface area (Å²) in [6.07, 6.45) is 3.17. The fourth-order valence-corrected chi connectivity index (χ4v) is 4.17. The van der Waals surface area contributed by atoms with E-state index in [9.17, 15) is 14.4 Å². The number of nitrogens with one attached hydrogen (secondary N) is 1. The van der Waals surface area contributed by atoms with E-state index in [1.54, 1.807) is 36.4 Å². The maximum absolute atomic E-state index is 13.1. The first-order valence-corrected chi connectivity index (χ1v) is 10.8. The van der Waals surface area contributed by atoms with Gasteiger partial charge in [-0.05, 0) is 68.5 Å². The topological polar surface area (TPSA) is 69.7 Å². The number of nitrogens with zero attached hydrogens (tertiary/aromatic N) is 2. The van der Waals surface area contributed by atoms with E-state index in [0.29, 0.717) is 16.9 Å². The number of piperidine rings is 1. The van der Waals surface area contributed by atoms with Crippen molar-refractivity contribution in [2.24, 2.45) is 0 Å². The average molecular weight is 438 g/mol. The summed E-state index contributed by atoms with van der Waals surface area (Å²) >= 11 is 6.26. The molecule has 2 aromatic rings. The number of carbonyl (C=O) groups is 3. The number of amides is 3. The number of aryl methyl sites for hydroxylation is 1. The predicted molar refractivity (Wildman–Crippen MR) is 121 cm³/mol. The monoisotopic (exact) mass is 437 g/mol. The molecule has 4 rings (SSSR count). The second-order valence-electron chi connectivity index (χ2n) is 7.91. The van der Waals surface area contributed by atoms with Gasteiger partial charge < -0.3 is 10.2 Å². The van der Waals surface area contributed by atoms with E-state index < -0.39 is 11.8 Å². The van der Waals surface area contributed by atoms with Crippen molar-refractivity contribution in [2.45, 2.75) is 33.1 Å². The third kappa shape index (κ3) is 3.95. The largest absolute Gasteiger partial charge is 0.350 e. The van der Waals surface area contributed by atoms with Crippen molar-refractivity contribution >= 4 is 40.7 Å². The number of rotatable bonds is 4. The lowest BCUT2D eigenvalue weighted by atomic mass is 10.1. The van der Waals surface area contributed by atoms with E-state index in [-0.39, 0.29) is 16.6 Å². The van der Waals surface area contributed by atoms with Gasteiger partial charge in [-0.15, -0.1) is 0 Å². The number of benzene rings is 2. The number of likely N-dealkylation sites (tertiary alicyclic amines) is 1. The summed E-state index contributed by atoms with van der Waals surface area (Å²) in [4.78, 5) is 41.6. The van der Waals surface area contributed by atoms with Crippen LogP contribution in [0.15, 0.2) is 53.2 Å². The standard InChI is InChI=1S/C24H24ClN3O3/c1-15-8-6-11-19(16(15)2)28-23(30)20(25)21(24(28)31)26-18-10-7-9-17(14-18)22(29)27-12-4-3-5-13-27/h6-11,14,26H,3-5,12-13H2,1-2H3. The van der Waals surface area contributed by atoms with Crippen LogP contribution in [0, 0.1) is 13.8 Å². The molecule has 2 heterocycles. The Kier molecular flexibility index (Phi) is 5.83. The van der Waals surface area contributed by atoms with Gasteiger partial charge in [0.2, 0.25) is 0 Å². The fraction of sp³-hybridized carbons (Fsp3) is 0.292. The van der Waals surface area contributed by atoms with E-state index in [0.717, 1.165) is 48.4 Å². The van der Waals surface area contributed by atoms with Crippen LogP contribution in [0.3, 0.4) is 0 Å². The summed E-state index contributed by atoms with van der Waals surface area (Å²) < 4.78 is 0. The van der Waals surface area contributed by atoms with Gasteiger partial charge in [-0.2, -0.15) is 0 Å². The Hall–Kier alpha value is -3.12. The smallest absolute Gasteiger partial charge is 0.283 e. The minimum Gasteiger partial charge on any atom is -0.350 e. The Morgan fingerprint density at radius 3 is 2.42 bits per heavy atom. The summed E-state index contributed by atoms with van der Waals surface area (Å²) in [6, 6.07) is 12.4. The van der Waals surface area contributed by atoms with Gasteiger partial charge in [0.1, 0.15) is 10.7 Å². The third-order valence-electron chi connectivity index (χ3n) is 5.87. The van der Waals surface area contributed by atoms with E-state index in [1.165, 1.54) is 0 Å². The first-order valence-electron chi connectivity index (χ1n) is 10.4. The molecule has 1 fully saturated rings. The average Bonchev–Trinajstić information content (AvgIpc) is 2.99. The lowest BCUT2D eigenvalue weighted by Gasteiger charge is -2.26. The highest BCUT2D eigenvalue weighted by molar-refractivity contribution is 6.53. The molecular formula is C24H24ClN3O3. The normalized spacial score (nSPS) is 16.9. The molecule has 0 unspecified atom stereocenters. The van der Waals surface area contributed by atoms with Crippen molar-refractivity contribution in [1.82, 2.24) is 4.90 Å². The van der Waals surface area contributed by atoms with Gasteiger partial charge in [-0.25, -0.2) is 4.90 Å². The Balaban J connectivity index is 1.58. The van der Waals surface area contributed by atoms with Crippen LogP contribution in [0.5, 0.6) is 0 Å². The van der Waals surface area contributed by atoms with Crippen molar-refractivity contribution in [3.63, 3.8) is 0 Å². The van der Waals surface area contributed by atoms with Gasteiger partial charge in [-0.1, -0.05) is 29.8 Å². The summed E-state index contributed by atoms with van der Waals surface area (Å²) in [5.74, 6) is -1.12. The number of hydrogen-bond donors (Lipinski definition) is 1. The molecule has 0 saturated carbocycles. The molecule has 0 bridgehead atoms. The predicted octanol–water partition coefficient (Wildman–Crippen LogP) is 4.37. The van der Waals surface area contributed by atoms with Crippen molar-refractivity contribution in [3.8, 4) is 0 Å². The van der Waals surface area contributed by atoms with Crippen molar-refractivity contribution < 1.29 is 14.4 Å². The highest BCUT2D eigenvalue weighted by Crippen LogP contribution is 2.33. The van der Waals surface area contributed by atoms with Crippen LogP contribution in [0.1, 0.15) is 40.7 Å². The van der Waals surface area contributed by atoms with Gasteiger partial charge in [-0.3, -0.25) is 14.4 Å². The van der Waals surface area contributed by atoms with E-state index in [2.05, 4.69) is 5.32 Å². The Bertz CT molecular complexity index is 1100. The quantitative estimate of drug-likeness (QED) is 0.721. The zero-order valence-corrected chi connectivity index (χ0v) is 18.3. The second kappa shape index (κ2) is 8.55. The first-order chi connectivity index (χ1) is 14.9. The van der Waals surface area contributed by atoms with Crippen molar-refractivity contribution in [1.29, 1.82) is 0 Å². The molecule has 6 nitrogen and oxygen atoms in total. The van der Waals surface area contributed by atoms with Crippen molar-refractivity contribution in [2.75, 3.05) is 23.3 Å². The molecule has 0 atom stereocenters. The fourth-order valence-electron chi connectivity index (χ4n) is 3.96. The minimum atomic E-state index is -0.566. The Labute approximate surface area is 186 Å². The molecule has 1 N–H and O–H groups in total. The van der Waals surface area contributed by atoms with Gasteiger partial charge >= 0.3 is 0 Å². The molecule has 1 saturated heterocycles. The minimum absolute atomic E-state index is 0.00939. The molecular weight excluding hydrogens is 414 g/mol. The molecule has 0 aliphatic carbocycles. The maximum atomic E-state index is 13.1. The molecule has 0 radical (unpaired) electrons. The number of anilines is 2. The number of carbonyl (C=O) groups excluding carboxylic acids is 3. The Morgan fingerprint density at radius 1 is 0.968 bits per heavy atom. The van der Waals surface area contributed by atoms with E-state index >= 15 is 0 Å². The van der Waals surface area contributed by atoms with Crippen LogP contribution >= 0.6 is 11.6 Å². The maximum Gasteiger partial charge on any atom is 0.283 e. The molecule has 3 amide bonds. The van der Waals surface area contributed by atoms with Crippen LogP contribution < -0.4 is 10.2 Å². The summed E-state index contributed by atoms with van der Waals surface area (Å²) in [6.45, 7) is 5.29. The lowest BCUT2D eigenvalue weighted by Crippen LogP contribution is -2.35. The lowest BCUT2D eigenvalue weighted by molar-refractivity contribution is -0.120. The summed E-state index contributed by atoms with van der Waals surface area (Å²) in [5.41, 5.74) is 3.39. The van der Waals surface area contributed by atoms with E-state index in [4.69, 9.17) is 11.6 Å². The van der Waals surface area contributed by atoms with Gasteiger partial charge in [0.25, 0.3) is 17.7 Å². The molecule has 160 valence electrons. The first kappa shape index (κ1) is 21.1. The van der Waals surface area contributed by atoms with Gasteiger partial charge in [0, 0.05) is 24.3 Å². The van der Waals surface area contributed by atoms with Gasteiger partial charge in [0.15, 0.2) is 0 Å². The second-order valence-corrected chi connectivity index (χ2v) is 8.29. The molecule has 7 heteroatoms. The van der Waals surface area contributed by atoms with Crippen molar-refractivity contribution in [3.05, 3.63) is 69.9 Å². The van der Waals surface area contributed by atoms with Crippen LogP contribution in [0.4, 0.5) is 11.4 Å². The molecule has 31 heavy (non-hydrogen) atoms. The van der Waals surface area contributed by atoms with Crippen LogP contribution in [0.25, 0.3) is 0 Å². The van der Waals surface area contributed by atoms with Gasteiger partial charge in [0.05, 0.1) is 5.69 Å². The number of imide groups is 1. The van der Waals surface area contributed by atoms with Crippen LogP contribution in [-0.2, 0) is 9.59 Å². The summed E-state index contributed by atoms with van der Waals surface area (Å²) in [7, 11) is 0. The summed E-state index contributed by atoms with van der Waals surface area (Å²) in [5, 5.41) is 2.80. The molecule has 0 spiro atoms. The zero-order valence-electron chi connectivity index (χ0n) is 17.6. The zero-order chi connectivity index (χ0) is 22.1. The molecule has 2 aliphatic rings. The number of halogens is 1. The van der Waals surface area contributed by atoms with Crippen LogP contribution in [-0.4, -0.2) is 35.7 Å². The molecule has 0 aromatic heterocycles.